The first kappa shape index (κ1) is 28.9. The molecule has 1 amide bonds. The fraction of sp³-hybridized carbons (Fsp3) is 0.364. The van der Waals surface area contributed by atoms with Crippen molar-refractivity contribution < 1.29 is 4.79 Å². The van der Waals surface area contributed by atoms with Crippen molar-refractivity contribution in [3.8, 4) is 34.2 Å². The minimum absolute atomic E-state index is 0.0808. The number of amides is 1. The Morgan fingerprint density at radius 1 is 0.733 bits per heavy atom. The number of likely N-dealkylation sites (N-methyl/N-ethyl adjacent to an activating group) is 1. The van der Waals surface area contributed by atoms with Crippen LogP contribution in [-0.2, 0) is 4.79 Å². The van der Waals surface area contributed by atoms with Crippen molar-refractivity contribution >= 4 is 5.91 Å². The Labute approximate surface area is 262 Å². The van der Waals surface area contributed by atoms with Gasteiger partial charge in [-0.25, -0.2) is 9.97 Å². The molecule has 7 rings (SSSR count). The predicted octanol–water partition coefficient (Wildman–Crippen LogP) is 4.45. The molecule has 0 spiro atoms. The van der Waals surface area contributed by atoms with Gasteiger partial charge in [0.1, 0.15) is 40.5 Å². The number of carbonyl (C=O) groups excluding carboxylic acids is 1. The summed E-state index contributed by atoms with van der Waals surface area (Å²) in [4.78, 5) is 54.6. The monoisotopic (exact) mass is 603 g/mol. The number of hydrogen-bond acceptors (Lipinski definition) is 9. The average Bonchev–Trinajstić information content (AvgIpc) is 3.88. The number of carbonyl (C=O) groups is 1. The number of rotatable bonds is 8. The van der Waals surface area contributed by atoms with Crippen LogP contribution < -0.4 is 0 Å². The van der Waals surface area contributed by atoms with Crippen molar-refractivity contribution in [1.29, 1.82) is 0 Å². The maximum Gasteiger partial charge on any atom is 0.245 e. The van der Waals surface area contributed by atoms with Gasteiger partial charge in [0, 0.05) is 6.54 Å². The first-order valence-electron chi connectivity index (χ1n) is 15.4. The number of hydrogen-bond donors (Lipinski definition) is 2. The predicted molar refractivity (Wildman–Crippen MR) is 169 cm³/mol. The summed E-state index contributed by atoms with van der Waals surface area (Å²) < 4.78 is 0. The number of nitrogens with one attached hydrogen (secondary N) is 2. The Bertz CT molecular complexity index is 1750. The molecule has 0 unspecified atom stereocenters. The SMILES string of the molecule is CN(C)[C@@H](C(=O)N1CCC[C@H]1c1ncc(-c2cnc(-c3cnc(-c4cnc([C@@H]5CCCN5C)[nH]4)cn3)cn2)[nH]1)c1ccccc1. The van der Waals surface area contributed by atoms with E-state index in [0.29, 0.717) is 29.7 Å². The number of aromatic nitrogens is 8. The van der Waals surface area contributed by atoms with Gasteiger partial charge < -0.3 is 14.9 Å². The zero-order chi connectivity index (χ0) is 30.9. The summed E-state index contributed by atoms with van der Waals surface area (Å²) in [7, 11) is 6.02. The Morgan fingerprint density at radius 3 is 1.80 bits per heavy atom. The van der Waals surface area contributed by atoms with Gasteiger partial charge in [0.25, 0.3) is 0 Å². The number of nitrogens with zero attached hydrogens (tertiary/aromatic N) is 9. The molecule has 12 nitrogen and oxygen atoms in total. The molecule has 0 bridgehead atoms. The smallest absolute Gasteiger partial charge is 0.245 e. The first-order valence-corrected chi connectivity index (χ1v) is 15.4. The molecule has 4 aromatic heterocycles. The molecular weight excluding hydrogens is 566 g/mol. The van der Waals surface area contributed by atoms with Crippen molar-refractivity contribution in [2.45, 2.75) is 43.8 Å². The highest BCUT2D eigenvalue weighted by atomic mass is 16.2. The molecule has 2 aliphatic rings. The van der Waals surface area contributed by atoms with Gasteiger partial charge in [-0.05, 0) is 58.9 Å². The highest BCUT2D eigenvalue weighted by Gasteiger charge is 2.37. The molecule has 2 saturated heterocycles. The number of H-pyrrole nitrogens is 2. The molecule has 0 saturated carbocycles. The van der Waals surface area contributed by atoms with Gasteiger partial charge in [0.15, 0.2) is 0 Å². The molecule has 2 aliphatic heterocycles. The van der Waals surface area contributed by atoms with Gasteiger partial charge in [-0.15, -0.1) is 0 Å². The second-order valence-corrected chi connectivity index (χ2v) is 12.0. The van der Waals surface area contributed by atoms with Crippen LogP contribution in [0.15, 0.2) is 67.5 Å². The van der Waals surface area contributed by atoms with E-state index in [9.17, 15) is 4.79 Å². The van der Waals surface area contributed by atoms with E-state index < -0.39 is 0 Å². The van der Waals surface area contributed by atoms with Crippen LogP contribution in [0.3, 0.4) is 0 Å². The zero-order valence-corrected chi connectivity index (χ0v) is 25.8. The molecule has 5 aromatic rings. The van der Waals surface area contributed by atoms with Crippen LogP contribution in [0.2, 0.25) is 0 Å². The third kappa shape index (κ3) is 5.74. The average molecular weight is 604 g/mol. The van der Waals surface area contributed by atoms with Gasteiger partial charge >= 0.3 is 0 Å². The van der Waals surface area contributed by atoms with E-state index in [1.807, 2.05) is 60.4 Å². The number of benzene rings is 1. The van der Waals surface area contributed by atoms with Crippen LogP contribution in [-0.4, -0.2) is 94.7 Å². The van der Waals surface area contributed by atoms with E-state index in [0.717, 1.165) is 60.1 Å². The molecule has 0 radical (unpaired) electrons. The number of likely N-dealkylation sites (tertiary alicyclic amines) is 2. The van der Waals surface area contributed by atoms with Crippen molar-refractivity contribution in [2.75, 3.05) is 34.2 Å². The van der Waals surface area contributed by atoms with E-state index >= 15 is 0 Å². The van der Waals surface area contributed by atoms with Crippen molar-refractivity contribution in [2.24, 2.45) is 0 Å². The van der Waals surface area contributed by atoms with E-state index in [4.69, 9.17) is 0 Å². The Kier molecular flexibility index (Phi) is 7.90. The summed E-state index contributed by atoms with van der Waals surface area (Å²) in [6.07, 6.45) is 14.5. The van der Waals surface area contributed by atoms with Crippen LogP contribution in [0.5, 0.6) is 0 Å². The van der Waals surface area contributed by atoms with Crippen LogP contribution in [0.25, 0.3) is 34.2 Å². The minimum atomic E-state index is -0.354. The third-order valence-corrected chi connectivity index (χ3v) is 8.86. The first-order chi connectivity index (χ1) is 22.0. The van der Waals surface area contributed by atoms with Crippen LogP contribution in [0.1, 0.15) is 61.0 Å². The van der Waals surface area contributed by atoms with Crippen molar-refractivity contribution in [3.05, 3.63) is 84.7 Å². The fourth-order valence-electron chi connectivity index (χ4n) is 6.50. The van der Waals surface area contributed by atoms with Gasteiger partial charge in [0.05, 0.1) is 60.7 Å². The molecule has 2 N–H and O–H groups in total. The largest absolute Gasteiger partial charge is 0.339 e. The quantitative estimate of drug-likeness (QED) is 0.264. The summed E-state index contributed by atoms with van der Waals surface area (Å²) in [5.74, 6) is 1.81. The van der Waals surface area contributed by atoms with Crippen molar-refractivity contribution in [3.63, 3.8) is 0 Å². The molecule has 2 fully saturated rings. The molecule has 3 atom stereocenters. The molecule has 1 aromatic carbocycles. The number of aromatic amines is 2. The maximum atomic E-state index is 13.8. The lowest BCUT2D eigenvalue weighted by Crippen LogP contribution is -2.40. The second-order valence-electron chi connectivity index (χ2n) is 12.0. The Morgan fingerprint density at radius 2 is 1.27 bits per heavy atom. The Hall–Kier alpha value is -4.81. The molecule has 0 aliphatic carbocycles. The summed E-state index contributed by atoms with van der Waals surface area (Å²) in [5, 5.41) is 0. The molecule has 6 heterocycles. The fourth-order valence-corrected chi connectivity index (χ4v) is 6.50. The lowest BCUT2D eigenvalue weighted by molar-refractivity contribution is -0.137. The van der Waals surface area contributed by atoms with Gasteiger partial charge in [0.2, 0.25) is 5.91 Å². The maximum absolute atomic E-state index is 13.8. The lowest BCUT2D eigenvalue weighted by Gasteiger charge is -2.31. The summed E-state index contributed by atoms with van der Waals surface area (Å²) in [5.41, 5.74) is 5.23. The zero-order valence-electron chi connectivity index (χ0n) is 25.8. The van der Waals surface area contributed by atoms with E-state index in [2.05, 4.69) is 51.8 Å². The van der Waals surface area contributed by atoms with Crippen molar-refractivity contribution in [1.82, 2.24) is 54.6 Å². The Balaban J connectivity index is 1.04. The minimum Gasteiger partial charge on any atom is -0.339 e. The van der Waals surface area contributed by atoms with E-state index in [1.165, 1.54) is 6.42 Å². The highest BCUT2D eigenvalue weighted by molar-refractivity contribution is 5.84. The van der Waals surface area contributed by atoms with Gasteiger partial charge in [-0.1, -0.05) is 30.3 Å². The van der Waals surface area contributed by atoms with Crippen LogP contribution >= 0.6 is 0 Å². The standard InChI is InChI=1S/C33H37N11O/c1-42(2)30(21-9-5-4-6-10-21)33(45)44-14-8-12-29(44)32-39-20-27(41-32)25-18-35-23(16-37-25)22-15-36-24(17-34-22)26-19-38-31(40-26)28-11-7-13-43(28)3/h4-6,9-10,15-20,28-30H,7-8,11-14H2,1-3H3,(H,38,40)(H,39,41)/t28-,29-,30+/m0/s1. The summed E-state index contributed by atoms with van der Waals surface area (Å²) in [6, 6.07) is 9.77. The normalized spacial score (nSPS) is 19.4. The lowest BCUT2D eigenvalue weighted by atomic mass is 10.0. The van der Waals surface area contributed by atoms with Gasteiger partial charge in [-0.2, -0.15) is 0 Å². The molecule has 12 heteroatoms. The second kappa shape index (κ2) is 12.3. The van der Waals surface area contributed by atoms with E-state index in [-0.39, 0.29) is 18.0 Å². The molecular formula is C33H37N11O. The van der Waals surface area contributed by atoms with Gasteiger partial charge in [-0.3, -0.25) is 34.5 Å². The third-order valence-electron chi connectivity index (χ3n) is 8.86. The van der Waals surface area contributed by atoms with E-state index in [1.54, 1.807) is 31.0 Å². The van der Waals surface area contributed by atoms with Crippen LogP contribution in [0, 0.1) is 0 Å². The highest BCUT2D eigenvalue weighted by Crippen LogP contribution is 2.35. The molecule has 45 heavy (non-hydrogen) atoms. The molecule has 230 valence electrons. The summed E-state index contributed by atoms with van der Waals surface area (Å²) in [6.45, 7) is 1.79. The van der Waals surface area contributed by atoms with Crippen LogP contribution in [0.4, 0.5) is 0 Å². The summed E-state index contributed by atoms with van der Waals surface area (Å²) >= 11 is 0. The topological polar surface area (TPSA) is 136 Å². The number of imidazole rings is 2.